The summed E-state index contributed by atoms with van der Waals surface area (Å²) in [6.45, 7) is 8.92. The van der Waals surface area contributed by atoms with Gasteiger partial charge in [0.2, 0.25) is 5.88 Å². The highest BCUT2D eigenvalue weighted by Crippen LogP contribution is 2.41. The van der Waals surface area contributed by atoms with Crippen molar-refractivity contribution in [1.29, 1.82) is 0 Å². The van der Waals surface area contributed by atoms with E-state index < -0.39 is 11.2 Å². The zero-order chi connectivity index (χ0) is 20.7. The van der Waals surface area contributed by atoms with Crippen LogP contribution in [0.1, 0.15) is 45.7 Å². The molecule has 28 heavy (non-hydrogen) atoms. The van der Waals surface area contributed by atoms with Crippen LogP contribution in [0, 0.1) is 0 Å². The molecule has 0 unspecified atom stereocenters. The minimum absolute atomic E-state index is 0.0791. The second-order valence-corrected chi connectivity index (χ2v) is 8.20. The quantitative estimate of drug-likeness (QED) is 0.730. The SMILES string of the molecule is CCc1ccc(Oc2cc(Cl)ccn2)cc1C1=C(O)C(C)(C)OC(C)(C)C1=O. The van der Waals surface area contributed by atoms with Crippen molar-refractivity contribution in [2.75, 3.05) is 0 Å². The van der Waals surface area contributed by atoms with Gasteiger partial charge in [-0.15, -0.1) is 0 Å². The Morgan fingerprint density at radius 2 is 1.86 bits per heavy atom. The lowest BCUT2D eigenvalue weighted by atomic mass is 9.81. The van der Waals surface area contributed by atoms with Crippen LogP contribution in [0.25, 0.3) is 5.57 Å². The zero-order valence-electron chi connectivity index (χ0n) is 16.7. The molecule has 0 amide bonds. The maximum absolute atomic E-state index is 13.1. The fourth-order valence-corrected chi connectivity index (χ4v) is 3.56. The maximum atomic E-state index is 13.1. The van der Waals surface area contributed by atoms with Crippen LogP contribution in [-0.2, 0) is 16.0 Å². The van der Waals surface area contributed by atoms with Gasteiger partial charge < -0.3 is 14.6 Å². The summed E-state index contributed by atoms with van der Waals surface area (Å²) in [5.41, 5.74) is -0.212. The third-order valence-electron chi connectivity index (χ3n) is 4.74. The first-order chi connectivity index (χ1) is 13.0. The molecular weight excluding hydrogens is 378 g/mol. The average molecular weight is 402 g/mol. The highest BCUT2D eigenvalue weighted by atomic mass is 35.5. The fraction of sp³-hybridized carbons (Fsp3) is 0.364. The molecule has 0 spiro atoms. The van der Waals surface area contributed by atoms with Crippen molar-refractivity contribution >= 4 is 23.0 Å². The normalized spacial score (nSPS) is 18.3. The van der Waals surface area contributed by atoms with Crippen molar-refractivity contribution < 1.29 is 19.4 Å². The van der Waals surface area contributed by atoms with E-state index in [2.05, 4.69) is 4.98 Å². The number of hydrogen-bond acceptors (Lipinski definition) is 5. The van der Waals surface area contributed by atoms with Gasteiger partial charge in [-0.05, 0) is 63.4 Å². The molecule has 1 aromatic carbocycles. The second kappa shape index (κ2) is 7.22. The minimum Gasteiger partial charge on any atom is -0.508 e. The number of aliphatic hydroxyl groups excluding tert-OH is 1. The lowest BCUT2D eigenvalue weighted by Crippen LogP contribution is -2.49. The number of pyridine rings is 1. The van der Waals surface area contributed by atoms with Crippen LogP contribution in [0.3, 0.4) is 0 Å². The lowest BCUT2D eigenvalue weighted by molar-refractivity contribution is -0.158. The number of carbonyl (C=O) groups is 1. The van der Waals surface area contributed by atoms with Crippen LogP contribution in [0.2, 0.25) is 5.02 Å². The van der Waals surface area contributed by atoms with E-state index in [-0.39, 0.29) is 17.1 Å². The fourth-order valence-electron chi connectivity index (χ4n) is 3.41. The van der Waals surface area contributed by atoms with Gasteiger partial charge in [0.05, 0.1) is 5.57 Å². The monoisotopic (exact) mass is 401 g/mol. The van der Waals surface area contributed by atoms with Gasteiger partial charge in [-0.3, -0.25) is 4.79 Å². The third kappa shape index (κ3) is 3.77. The molecule has 2 aromatic rings. The van der Waals surface area contributed by atoms with Crippen LogP contribution in [-0.4, -0.2) is 27.1 Å². The van der Waals surface area contributed by atoms with Gasteiger partial charge in [0.1, 0.15) is 22.7 Å². The molecule has 0 bridgehead atoms. The predicted octanol–water partition coefficient (Wildman–Crippen LogP) is 5.52. The number of halogens is 1. The number of ketones is 1. The summed E-state index contributed by atoms with van der Waals surface area (Å²) in [6.07, 6.45) is 2.25. The van der Waals surface area contributed by atoms with Crippen LogP contribution in [0.15, 0.2) is 42.3 Å². The Morgan fingerprint density at radius 1 is 1.14 bits per heavy atom. The smallest absolute Gasteiger partial charge is 0.220 e. The number of aromatic nitrogens is 1. The van der Waals surface area contributed by atoms with Crippen molar-refractivity contribution in [3.8, 4) is 11.6 Å². The van der Waals surface area contributed by atoms with Crippen molar-refractivity contribution in [2.24, 2.45) is 0 Å². The van der Waals surface area contributed by atoms with E-state index in [0.29, 0.717) is 28.6 Å². The summed E-state index contributed by atoms with van der Waals surface area (Å²) < 4.78 is 11.7. The van der Waals surface area contributed by atoms with E-state index in [0.717, 1.165) is 5.56 Å². The van der Waals surface area contributed by atoms with E-state index in [4.69, 9.17) is 21.1 Å². The third-order valence-corrected chi connectivity index (χ3v) is 4.98. The highest BCUT2D eigenvalue weighted by Gasteiger charge is 2.47. The first-order valence-corrected chi connectivity index (χ1v) is 9.54. The molecule has 6 heteroatoms. The molecule has 148 valence electrons. The molecule has 0 atom stereocenters. The summed E-state index contributed by atoms with van der Waals surface area (Å²) in [6, 6.07) is 8.72. The number of aliphatic hydroxyl groups is 1. The summed E-state index contributed by atoms with van der Waals surface area (Å²) >= 11 is 5.99. The van der Waals surface area contributed by atoms with Gasteiger partial charge in [0.15, 0.2) is 5.78 Å². The topological polar surface area (TPSA) is 68.7 Å². The molecule has 1 aliphatic rings. The van der Waals surface area contributed by atoms with Gasteiger partial charge in [-0.1, -0.05) is 24.6 Å². The zero-order valence-corrected chi connectivity index (χ0v) is 17.4. The Balaban J connectivity index is 2.13. The molecule has 0 saturated heterocycles. The van der Waals surface area contributed by atoms with Crippen LogP contribution < -0.4 is 4.74 Å². The van der Waals surface area contributed by atoms with Gasteiger partial charge in [-0.25, -0.2) is 4.98 Å². The van der Waals surface area contributed by atoms with E-state index in [9.17, 15) is 9.90 Å². The Morgan fingerprint density at radius 3 is 2.50 bits per heavy atom. The van der Waals surface area contributed by atoms with Crippen LogP contribution in [0.5, 0.6) is 11.6 Å². The molecule has 2 heterocycles. The predicted molar refractivity (Wildman–Crippen MR) is 109 cm³/mol. The van der Waals surface area contributed by atoms with Crippen LogP contribution in [0.4, 0.5) is 0 Å². The molecule has 1 aromatic heterocycles. The molecule has 0 radical (unpaired) electrons. The number of nitrogens with zero attached hydrogens (tertiary/aromatic N) is 1. The first kappa shape index (κ1) is 20.4. The van der Waals surface area contributed by atoms with E-state index in [1.807, 2.05) is 19.1 Å². The van der Waals surface area contributed by atoms with Crippen molar-refractivity contribution in [3.05, 3.63) is 58.4 Å². The van der Waals surface area contributed by atoms with Gasteiger partial charge >= 0.3 is 0 Å². The summed E-state index contributed by atoms with van der Waals surface area (Å²) in [5.74, 6) is 0.499. The summed E-state index contributed by atoms with van der Waals surface area (Å²) in [5, 5.41) is 11.4. The lowest BCUT2D eigenvalue weighted by Gasteiger charge is -2.40. The standard InChI is InChI=1S/C22H24ClNO4/c1-6-13-7-8-15(27-17-11-14(23)9-10-24-17)12-16(13)18-19(25)21(2,3)28-22(4,5)20(18)26/h7-12,25H,6H2,1-5H3. The Kier molecular flexibility index (Phi) is 5.26. The molecule has 3 rings (SSSR count). The van der Waals surface area contributed by atoms with Gasteiger partial charge in [0, 0.05) is 17.3 Å². The van der Waals surface area contributed by atoms with Gasteiger partial charge in [-0.2, -0.15) is 0 Å². The molecule has 1 aliphatic heterocycles. The highest BCUT2D eigenvalue weighted by molar-refractivity contribution is 6.30. The summed E-state index contributed by atoms with van der Waals surface area (Å²) in [4.78, 5) is 17.3. The van der Waals surface area contributed by atoms with Gasteiger partial charge in [0.25, 0.3) is 0 Å². The number of carbonyl (C=O) groups excluding carboxylic acids is 1. The Labute approximate surface area is 170 Å². The molecule has 0 fully saturated rings. The largest absolute Gasteiger partial charge is 0.508 e. The number of hydrogen-bond donors (Lipinski definition) is 1. The Hall–Kier alpha value is -2.37. The first-order valence-electron chi connectivity index (χ1n) is 9.16. The number of aryl methyl sites for hydroxylation is 1. The minimum atomic E-state index is -1.05. The van der Waals surface area contributed by atoms with Crippen LogP contribution >= 0.6 is 11.6 Å². The maximum Gasteiger partial charge on any atom is 0.220 e. The number of ether oxygens (including phenoxy) is 2. The van der Waals surface area contributed by atoms with E-state index >= 15 is 0 Å². The van der Waals surface area contributed by atoms with E-state index in [1.165, 1.54) is 0 Å². The second-order valence-electron chi connectivity index (χ2n) is 7.76. The van der Waals surface area contributed by atoms with Crippen molar-refractivity contribution in [2.45, 2.75) is 52.2 Å². The molecular formula is C22H24ClNO4. The van der Waals surface area contributed by atoms with Crippen molar-refractivity contribution in [1.82, 2.24) is 4.98 Å². The number of benzene rings is 1. The Bertz CT molecular complexity index is 963. The number of Topliss-reactive ketones (excluding diaryl/α,β-unsaturated/α-hetero) is 1. The number of rotatable bonds is 4. The molecule has 5 nitrogen and oxygen atoms in total. The molecule has 1 N–H and O–H groups in total. The molecule has 0 aliphatic carbocycles. The average Bonchev–Trinajstić information content (AvgIpc) is 2.60. The van der Waals surface area contributed by atoms with Crippen molar-refractivity contribution in [3.63, 3.8) is 0 Å². The summed E-state index contributed by atoms with van der Waals surface area (Å²) in [7, 11) is 0. The van der Waals surface area contributed by atoms with E-state index in [1.54, 1.807) is 52.1 Å². The molecule has 0 saturated carbocycles.